The minimum atomic E-state index is 0.574. The summed E-state index contributed by atoms with van der Waals surface area (Å²) in [5.41, 5.74) is 3.14. The van der Waals surface area contributed by atoms with E-state index >= 15 is 0 Å². The molecular weight excluding hydrogens is 216 g/mol. The zero-order valence-electron chi connectivity index (χ0n) is 10.6. The lowest BCUT2D eigenvalue weighted by atomic mass is 9.71. The topological polar surface area (TPSA) is 38.0 Å². The quantitative estimate of drug-likeness (QED) is 0.590. The maximum absolute atomic E-state index is 5.80. The molecule has 5 unspecified atom stereocenters. The van der Waals surface area contributed by atoms with Crippen LogP contribution in [-0.4, -0.2) is 17.5 Å². The molecule has 0 aromatic heterocycles. The molecule has 2 fully saturated rings. The van der Waals surface area contributed by atoms with Crippen molar-refractivity contribution in [3.8, 4) is 0 Å². The van der Waals surface area contributed by atoms with Gasteiger partial charge in [-0.3, -0.25) is 11.3 Å². The maximum Gasteiger partial charge on any atom is 0.0275 e. The summed E-state index contributed by atoms with van der Waals surface area (Å²) in [6.07, 6.45) is 5.50. The van der Waals surface area contributed by atoms with Crippen LogP contribution in [0.15, 0.2) is 0 Å². The molecular formula is C13H26N2S. The van der Waals surface area contributed by atoms with Crippen LogP contribution in [-0.2, 0) is 0 Å². The zero-order chi connectivity index (χ0) is 11.5. The summed E-state index contributed by atoms with van der Waals surface area (Å²) < 4.78 is 0. The zero-order valence-corrected chi connectivity index (χ0v) is 11.4. The fraction of sp³-hybridized carbons (Fsp3) is 1.00. The van der Waals surface area contributed by atoms with E-state index in [-0.39, 0.29) is 0 Å². The first-order valence-electron chi connectivity index (χ1n) is 6.76. The molecule has 2 rings (SSSR count). The van der Waals surface area contributed by atoms with E-state index in [1.807, 2.05) is 0 Å². The van der Waals surface area contributed by atoms with Crippen molar-refractivity contribution in [2.45, 2.75) is 45.6 Å². The lowest BCUT2D eigenvalue weighted by Gasteiger charge is -2.38. The number of hydrazine groups is 1. The number of nitrogens with two attached hydrogens (primary N) is 1. The molecule has 16 heavy (non-hydrogen) atoms. The summed E-state index contributed by atoms with van der Waals surface area (Å²) in [7, 11) is 0. The Kier molecular flexibility index (Phi) is 4.57. The molecule has 1 saturated heterocycles. The fourth-order valence-corrected chi connectivity index (χ4v) is 4.72. The highest BCUT2D eigenvalue weighted by Gasteiger charge is 2.35. The molecule has 1 aliphatic carbocycles. The van der Waals surface area contributed by atoms with Crippen molar-refractivity contribution >= 4 is 11.8 Å². The lowest BCUT2D eigenvalue weighted by Crippen LogP contribution is -2.48. The van der Waals surface area contributed by atoms with Gasteiger partial charge in [-0.15, -0.1) is 0 Å². The molecule has 0 aromatic carbocycles. The van der Waals surface area contributed by atoms with Gasteiger partial charge in [-0.1, -0.05) is 20.3 Å². The molecule has 5 atom stereocenters. The minimum Gasteiger partial charge on any atom is -0.271 e. The molecule has 1 heterocycles. The summed E-state index contributed by atoms with van der Waals surface area (Å²) >= 11 is 2.10. The van der Waals surface area contributed by atoms with Crippen molar-refractivity contribution in [1.82, 2.24) is 5.43 Å². The molecule has 2 aliphatic rings. The molecule has 0 spiro atoms. The van der Waals surface area contributed by atoms with Crippen LogP contribution >= 0.6 is 11.8 Å². The van der Waals surface area contributed by atoms with Crippen molar-refractivity contribution in [2.24, 2.45) is 29.5 Å². The van der Waals surface area contributed by atoms with Crippen LogP contribution in [0.1, 0.15) is 39.5 Å². The van der Waals surface area contributed by atoms with Crippen LogP contribution in [0.2, 0.25) is 0 Å². The van der Waals surface area contributed by atoms with Crippen molar-refractivity contribution in [1.29, 1.82) is 0 Å². The van der Waals surface area contributed by atoms with Crippen molar-refractivity contribution in [3.05, 3.63) is 0 Å². The molecule has 0 bridgehead atoms. The second-order valence-electron chi connectivity index (χ2n) is 5.84. The van der Waals surface area contributed by atoms with Crippen LogP contribution in [0.5, 0.6) is 0 Å². The molecule has 1 aliphatic heterocycles. The van der Waals surface area contributed by atoms with E-state index in [0.29, 0.717) is 6.04 Å². The standard InChI is InChI=1S/C13H26N2S/c1-9-3-4-11(7-10(9)2)13(15-14)12-5-6-16-8-12/h9-13,15H,3-8,14H2,1-2H3. The van der Waals surface area contributed by atoms with Gasteiger partial charge < -0.3 is 0 Å². The van der Waals surface area contributed by atoms with Gasteiger partial charge in [0.15, 0.2) is 0 Å². The second kappa shape index (κ2) is 5.74. The Balaban J connectivity index is 1.93. The maximum atomic E-state index is 5.80. The summed E-state index contributed by atoms with van der Waals surface area (Å²) in [5.74, 6) is 11.9. The fourth-order valence-electron chi connectivity index (χ4n) is 3.41. The summed E-state index contributed by atoms with van der Waals surface area (Å²) in [6, 6.07) is 0.574. The highest BCUT2D eigenvalue weighted by atomic mass is 32.2. The van der Waals surface area contributed by atoms with Crippen molar-refractivity contribution < 1.29 is 0 Å². The summed E-state index contributed by atoms with van der Waals surface area (Å²) in [4.78, 5) is 0. The first kappa shape index (κ1) is 12.7. The number of rotatable bonds is 3. The van der Waals surface area contributed by atoms with E-state index in [0.717, 1.165) is 23.7 Å². The van der Waals surface area contributed by atoms with Gasteiger partial charge >= 0.3 is 0 Å². The molecule has 0 radical (unpaired) electrons. The second-order valence-corrected chi connectivity index (χ2v) is 6.99. The van der Waals surface area contributed by atoms with E-state index in [9.17, 15) is 0 Å². The Labute approximate surface area is 104 Å². The Hall–Kier alpha value is 0.270. The Morgan fingerprint density at radius 1 is 1.12 bits per heavy atom. The van der Waals surface area contributed by atoms with Gasteiger partial charge in [-0.2, -0.15) is 11.8 Å². The normalized spacial score (nSPS) is 42.2. The van der Waals surface area contributed by atoms with E-state index in [2.05, 4.69) is 31.0 Å². The van der Waals surface area contributed by atoms with Crippen LogP contribution in [0.25, 0.3) is 0 Å². The smallest absolute Gasteiger partial charge is 0.0275 e. The number of hydrogen-bond donors (Lipinski definition) is 2. The monoisotopic (exact) mass is 242 g/mol. The number of nitrogens with one attached hydrogen (secondary N) is 1. The van der Waals surface area contributed by atoms with Crippen LogP contribution in [0, 0.1) is 23.7 Å². The molecule has 3 N–H and O–H groups in total. The first-order valence-corrected chi connectivity index (χ1v) is 7.91. The third-order valence-electron chi connectivity index (χ3n) is 4.81. The summed E-state index contributed by atoms with van der Waals surface area (Å²) in [5, 5.41) is 0. The van der Waals surface area contributed by atoms with E-state index < -0.39 is 0 Å². The van der Waals surface area contributed by atoms with Crippen molar-refractivity contribution in [2.75, 3.05) is 11.5 Å². The average Bonchev–Trinajstić information content (AvgIpc) is 2.78. The SMILES string of the molecule is CC1CCC(C(NN)C2CCSC2)CC1C. The van der Waals surface area contributed by atoms with Crippen molar-refractivity contribution in [3.63, 3.8) is 0 Å². The van der Waals surface area contributed by atoms with Gasteiger partial charge in [-0.25, -0.2) is 0 Å². The Morgan fingerprint density at radius 2 is 1.94 bits per heavy atom. The van der Waals surface area contributed by atoms with Crippen LogP contribution < -0.4 is 11.3 Å². The molecule has 2 nitrogen and oxygen atoms in total. The van der Waals surface area contributed by atoms with Gasteiger partial charge in [0, 0.05) is 6.04 Å². The minimum absolute atomic E-state index is 0.574. The third kappa shape index (κ3) is 2.74. The largest absolute Gasteiger partial charge is 0.271 e. The predicted molar refractivity (Wildman–Crippen MR) is 72.2 cm³/mol. The van der Waals surface area contributed by atoms with Crippen LogP contribution in [0.3, 0.4) is 0 Å². The Morgan fingerprint density at radius 3 is 2.50 bits per heavy atom. The van der Waals surface area contributed by atoms with E-state index in [4.69, 9.17) is 5.84 Å². The molecule has 1 saturated carbocycles. The molecule has 3 heteroatoms. The molecule has 0 amide bonds. The first-order chi connectivity index (χ1) is 7.72. The third-order valence-corrected chi connectivity index (χ3v) is 6.00. The van der Waals surface area contributed by atoms with Gasteiger partial charge in [0.05, 0.1) is 0 Å². The summed E-state index contributed by atoms with van der Waals surface area (Å²) in [6.45, 7) is 4.81. The lowest BCUT2D eigenvalue weighted by molar-refractivity contribution is 0.147. The Bertz CT molecular complexity index is 216. The van der Waals surface area contributed by atoms with Gasteiger partial charge in [0.25, 0.3) is 0 Å². The predicted octanol–water partition coefficient (Wildman–Crippen LogP) is 2.64. The van der Waals surface area contributed by atoms with E-state index in [1.54, 1.807) is 0 Å². The van der Waals surface area contributed by atoms with Gasteiger partial charge in [-0.05, 0) is 54.4 Å². The number of thioether (sulfide) groups is 1. The van der Waals surface area contributed by atoms with Gasteiger partial charge in [0.2, 0.25) is 0 Å². The average molecular weight is 242 g/mol. The highest BCUT2D eigenvalue weighted by molar-refractivity contribution is 7.99. The van der Waals surface area contributed by atoms with Crippen LogP contribution in [0.4, 0.5) is 0 Å². The highest BCUT2D eigenvalue weighted by Crippen LogP contribution is 2.39. The molecule has 94 valence electrons. The number of hydrogen-bond acceptors (Lipinski definition) is 3. The van der Waals surface area contributed by atoms with E-state index in [1.165, 1.54) is 37.2 Å². The molecule has 0 aromatic rings. The van der Waals surface area contributed by atoms with Gasteiger partial charge in [0.1, 0.15) is 0 Å².